The summed E-state index contributed by atoms with van der Waals surface area (Å²) in [5.74, 6) is 3.61. The Hall–Kier alpha value is -3.45. The van der Waals surface area contributed by atoms with Crippen molar-refractivity contribution in [2.45, 2.75) is 4.90 Å². The topological polar surface area (TPSA) is 49.8 Å². The van der Waals surface area contributed by atoms with E-state index >= 15 is 0 Å². The van der Waals surface area contributed by atoms with Gasteiger partial charge in [0.25, 0.3) is 0 Å². The first-order valence-corrected chi connectivity index (χ1v) is 10.9. The summed E-state index contributed by atoms with van der Waals surface area (Å²) in [5, 5.41) is 0.832. The zero-order valence-electron chi connectivity index (χ0n) is 17.7. The lowest BCUT2D eigenvalue weighted by Crippen LogP contribution is -2.00. The number of nitrogens with zero attached hydrogens (tertiary/aromatic N) is 1. The summed E-state index contributed by atoms with van der Waals surface area (Å²) in [6.07, 6.45) is 1.70. The standard InChI is InChI=1S/C25H22FNO4S/c1-28-24-15-21-22(16-25(24)29-2)27-11-10-23(21)31-18-6-8-20(9-7-18)32-13-12-30-19-5-3-4-17(26)14-19/h3-11,14-16H,12-13H2,1-2H3. The minimum absolute atomic E-state index is 0.301. The molecule has 0 fully saturated rings. The largest absolute Gasteiger partial charge is 0.493 e. The first-order chi connectivity index (χ1) is 15.7. The van der Waals surface area contributed by atoms with Gasteiger partial charge in [-0.25, -0.2) is 4.39 Å². The third-order valence-corrected chi connectivity index (χ3v) is 5.65. The first kappa shape index (κ1) is 21.8. The molecule has 164 valence electrons. The molecule has 0 spiro atoms. The summed E-state index contributed by atoms with van der Waals surface area (Å²) in [4.78, 5) is 5.49. The molecule has 4 rings (SSSR count). The van der Waals surface area contributed by atoms with Gasteiger partial charge in [0.05, 0.1) is 26.3 Å². The van der Waals surface area contributed by atoms with Crippen LogP contribution in [0, 0.1) is 5.82 Å². The Balaban J connectivity index is 1.38. The van der Waals surface area contributed by atoms with Gasteiger partial charge in [0.1, 0.15) is 23.1 Å². The van der Waals surface area contributed by atoms with Gasteiger partial charge in [0, 0.05) is 34.4 Å². The van der Waals surface area contributed by atoms with Crippen LogP contribution in [0.15, 0.2) is 77.8 Å². The normalized spacial score (nSPS) is 10.7. The van der Waals surface area contributed by atoms with Gasteiger partial charge >= 0.3 is 0 Å². The lowest BCUT2D eigenvalue weighted by molar-refractivity contribution is 0.342. The van der Waals surface area contributed by atoms with Crippen LogP contribution in [0.5, 0.6) is 28.7 Å². The molecule has 4 aromatic rings. The number of pyridine rings is 1. The van der Waals surface area contributed by atoms with Crippen molar-refractivity contribution in [3.05, 3.63) is 78.7 Å². The van der Waals surface area contributed by atoms with Gasteiger partial charge in [-0.3, -0.25) is 4.98 Å². The minimum atomic E-state index is -0.301. The zero-order chi connectivity index (χ0) is 22.3. The second-order valence-corrected chi connectivity index (χ2v) is 7.93. The highest BCUT2D eigenvalue weighted by Gasteiger charge is 2.11. The maximum atomic E-state index is 13.2. The monoisotopic (exact) mass is 451 g/mol. The van der Waals surface area contributed by atoms with Gasteiger partial charge in [0.2, 0.25) is 0 Å². The van der Waals surface area contributed by atoms with Gasteiger partial charge in [-0.1, -0.05) is 6.07 Å². The van der Waals surface area contributed by atoms with Crippen LogP contribution in [0.3, 0.4) is 0 Å². The van der Waals surface area contributed by atoms with Crippen molar-refractivity contribution in [2.24, 2.45) is 0 Å². The minimum Gasteiger partial charge on any atom is -0.493 e. The lowest BCUT2D eigenvalue weighted by atomic mass is 10.2. The predicted molar refractivity (Wildman–Crippen MR) is 124 cm³/mol. The fourth-order valence-corrected chi connectivity index (χ4v) is 3.87. The fourth-order valence-electron chi connectivity index (χ4n) is 3.14. The number of thioether (sulfide) groups is 1. The number of halogens is 1. The summed E-state index contributed by atoms with van der Waals surface area (Å²) in [6, 6.07) is 19.5. The van der Waals surface area contributed by atoms with Crippen molar-refractivity contribution in [3.63, 3.8) is 0 Å². The Kier molecular flexibility index (Phi) is 6.97. The Morgan fingerprint density at radius 1 is 0.844 bits per heavy atom. The summed E-state index contributed by atoms with van der Waals surface area (Å²) in [6.45, 7) is 0.487. The maximum absolute atomic E-state index is 13.2. The summed E-state index contributed by atoms with van der Waals surface area (Å²) >= 11 is 1.66. The van der Waals surface area contributed by atoms with E-state index in [1.54, 1.807) is 44.3 Å². The second kappa shape index (κ2) is 10.2. The van der Waals surface area contributed by atoms with Crippen LogP contribution in [-0.4, -0.2) is 31.6 Å². The smallest absolute Gasteiger partial charge is 0.162 e. The summed E-state index contributed by atoms with van der Waals surface area (Å²) < 4.78 is 35.6. The molecule has 0 bridgehead atoms. The fraction of sp³-hybridized carbons (Fsp3) is 0.160. The van der Waals surface area contributed by atoms with Gasteiger partial charge in [-0.15, -0.1) is 11.8 Å². The molecule has 0 atom stereocenters. The maximum Gasteiger partial charge on any atom is 0.162 e. The zero-order valence-corrected chi connectivity index (χ0v) is 18.5. The molecule has 5 nitrogen and oxygen atoms in total. The third kappa shape index (κ3) is 5.23. The quantitative estimate of drug-likeness (QED) is 0.218. The summed E-state index contributed by atoms with van der Waals surface area (Å²) in [7, 11) is 3.19. The highest BCUT2D eigenvalue weighted by Crippen LogP contribution is 2.37. The van der Waals surface area contributed by atoms with E-state index in [4.69, 9.17) is 18.9 Å². The number of fused-ring (bicyclic) bond motifs is 1. The Bertz CT molecular complexity index is 1200. The van der Waals surface area contributed by atoms with Crippen molar-refractivity contribution >= 4 is 22.7 Å². The van der Waals surface area contributed by atoms with E-state index in [0.29, 0.717) is 35.4 Å². The predicted octanol–water partition coefficient (Wildman–Crippen LogP) is 6.35. The van der Waals surface area contributed by atoms with Crippen LogP contribution in [0.4, 0.5) is 4.39 Å². The van der Waals surface area contributed by atoms with Crippen molar-refractivity contribution in [2.75, 3.05) is 26.6 Å². The molecule has 0 saturated carbocycles. The molecule has 32 heavy (non-hydrogen) atoms. The number of rotatable bonds is 9. The average Bonchev–Trinajstić information content (AvgIpc) is 2.82. The molecule has 0 amide bonds. The van der Waals surface area contributed by atoms with Gasteiger partial charge in [0.15, 0.2) is 11.5 Å². The number of methoxy groups -OCH3 is 2. The molecule has 0 N–H and O–H groups in total. The molecule has 7 heteroatoms. The lowest BCUT2D eigenvalue weighted by Gasteiger charge is -2.12. The first-order valence-electron chi connectivity index (χ1n) is 9.96. The number of hydrogen-bond acceptors (Lipinski definition) is 6. The molecule has 0 radical (unpaired) electrons. The van der Waals surface area contributed by atoms with E-state index in [1.165, 1.54) is 12.1 Å². The Morgan fingerprint density at radius 2 is 1.62 bits per heavy atom. The Labute approximate surface area is 190 Å². The van der Waals surface area contributed by atoms with Crippen molar-refractivity contribution < 1.29 is 23.3 Å². The van der Waals surface area contributed by atoms with Gasteiger partial charge in [-0.05, 0) is 48.5 Å². The molecule has 0 aliphatic rings. The van der Waals surface area contributed by atoms with E-state index in [1.807, 2.05) is 42.5 Å². The molecule has 0 saturated heterocycles. The van der Waals surface area contributed by atoms with E-state index in [0.717, 1.165) is 21.6 Å². The number of hydrogen-bond donors (Lipinski definition) is 0. The van der Waals surface area contributed by atoms with Gasteiger partial charge < -0.3 is 18.9 Å². The van der Waals surface area contributed by atoms with Crippen molar-refractivity contribution in [1.82, 2.24) is 4.98 Å². The van der Waals surface area contributed by atoms with Crippen LogP contribution >= 0.6 is 11.8 Å². The molecule has 1 heterocycles. The van der Waals surface area contributed by atoms with E-state index in [-0.39, 0.29) is 5.82 Å². The second-order valence-electron chi connectivity index (χ2n) is 6.76. The summed E-state index contributed by atoms with van der Waals surface area (Å²) in [5.41, 5.74) is 0.755. The SMILES string of the molecule is COc1cc2nccc(Oc3ccc(SCCOc4cccc(F)c4)cc3)c2cc1OC. The Morgan fingerprint density at radius 3 is 2.38 bits per heavy atom. The van der Waals surface area contributed by atoms with Crippen LogP contribution < -0.4 is 18.9 Å². The van der Waals surface area contributed by atoms with Crippen molar-refractivity contribution in [1.29, 1.82) is 0 Å². The highest BCUT2D eigenvalue weighted by atomic mass is 32.2. The number of ether oxygens (including phenoxy) is 4. The van der Waals surface area contributed by atoms with Crippen molar-refractivity contribution in [3.8, 4) is 28.7 Å². The van der Waals surface area contributed by atoms with Crippen LogP contribution in [0.2, 0.25) is 0 Å². The number of aromatic nitrogens is 1. The molecular formula is C25H22FNO4S. The van der Waals surface area contributed by atoms with E-state index in [9.17, 15) is 4.39 Å². The average molecular weight is 452 g/mol. The third-order valence-electron chi connectivity index (χ3n) is 4.68. The molecule has 0 unspecified atom stereocenters. The van der Waals surface area contributed by atoms with Gasteiger partial charge in [-0.2, -0.15) is 0 Å². The molecule has 0 aliphatic heterocycles. The van der Waals surface area contributed by atoms with E-state index in [2.05, 4.69) is 4.98 Å². The molecule has 0 aliphatic carbocycles. The van der Waals surface area contributed by atoms with Crippen LogP contribution in [-0.2, 0) is 0 Å². The van der Waals surface area contributed by atoms with E-state index < -0.39 is 0 Å². The molecular weight excluding hydrogens is 429 g/mol. The van der Waals surface area contributed by atoms with Crippen LogP contribution in [0.25, 0.3) is 10.9 Å². The van der Waals surface area contributed by atoms with Crippen LogP contribution in [0.1, 0.15) is 0 Å². The highest BCUT2D eigenvalue weighted by molar-refractivity contribution is 7.99. The number of benzene rings is 3. The molecule has 1 aromatic heterocycles. The molecule has 3 aromatic carbocycles.